The van der Waals surface area contributed by atoms with Crippen molar-refractivity contribution in [1.29, 1.82) is 0 Å². The highest BCUT2D eigenvalue weighted by Gasteiger charge is 2.16. The lowest BCUT2D eigenvalue weighted by atomic mass is 10.0. The molecule has 6 rings (SSSR count). The fourth-order valence-corrected chi connectivity index (χ4v) is 4.54. The molecule has 0 fully saturated rings. The van der Waals surface area contributed by atoms with Crippen LogP contribution in [0.5, 0.6) is 0 Å². The number of pyridine rings is 3. The molecular weight excluding hydrogens is 503 g/mol. The zero-order chi connectivity index (χ0) is 26.9. The van der Waals surface area contributed by atoms with Crippen molar-refractivity contribution in [2.45, 2.75) is 13.0 Å². The number of hydrogen-bond donors (Lipinski definition) is 1. The van der Waals surface area contributed by atoms with Crippen LogP contribution in [0, 0.1) is 17.5 Å². The second kappa shape index (κ2) is 10.0. The van der Waals surface area contributed by atoms with E-state index in [-0.39, 0.29) is 17.8 Å². The lowest BCUT2D eigenvalue weighted by molar-refractivity contribution is 0.0947. The van der Waals surface area contributed by atoms with Gasteiger partial charge in [-0.25, -0.2) is 18.2 Å². The topological polar surface area (TPSA) is 72.2 Å². The molecular formula is C30H20F3N5O. The summed E-state index contributed by atoms with van der Waals surface area (Å²) in [5.41, 5.74) is 3.92. The number of carbonyl (C=O) groups is 1. The third-order valence-corrected chi connectivity index (χ3v) is 6.45. The highest BCUT2D eigenvalue weighted by atomic mass is 19.1. The first-order chi connectivity index (χ1) is 18.9. The predicted molar refractivity (Wildman–Crippen MR) is 140 cm³/mol. The molecule has 6 aromatic rings. The first-order valence-corrected chi connectivity index (χ1v) is 12.1. The van der Waals surface area contributed by atoms with Crippen LogP contribution in [0.3, 0.4) is 0 Å². The van der Waals surface area contributed by atoms with Crippen molar-refractivity contribution < 1.29 is 18.0 Å². The highest BCUT2D eigenvalue weighted by molar-refractivity contribution is 5.95. The number of fused-ring (bicyclic) bond motifs is 2. The van der Waals surface area contributed by atoms with Crippen LogP contribution in [0.2, 0.25) is 0 Å². The van der Waals surface area contributed by atoms with Crippen molar-refractivity contribution >= 4 is 22.5 Å². The van der Waals surface area contributed by atoms with Crippen LogP contribution in [-0.2, 0) is 13.0 Å². The lowest BCUT2D eigenvalue weighted by Gasteiger charge is -2.10. The third kappa shape index (κ3) is 4.94. The Kier molecular flexibility index (Phi) is 6.24. The van der Waals surface area contributed by atoms with Crippen LogP contribution >= 0.6 is 0 Å². The van der Waals surface area contributed by atoms with Crippen molar-refractivity contribution in [3.8, 4) is 11.1 Å². The molecule has 1 amide bonds. The van der Waals surface area contributed by atoms with Crippen molar-refractivity contribution in [3.05, 3.63) is 131 Å². The van der Waals surface area contributed by atoms with Crippen molar-refractivity contribution in [1.82, 2.24) is 24.7 Å². The molecule has 0 aliphatic rings. The molecule has 4 heterocycles. The molecule has 4 aromatic heterocycles. The number of nitrogens with zero attached hydrogens (tertiary/aromatic N) is 4. The van der Waals surface area contributed by atoms with Gasteiger partial charge in [-0.3, -0.25) is 14.8 Å². The minimum atomic E-state index is -0.765. The van der Waals surface area contributed by atoms with Gasteiger partial charge >= 0.3 is 0 Å². The zero-order valence-corrected chi connectivity index (χ0v) is 20.4. The molecule has 9 heteroatoms. The molecule has 0 bridgehead atoms. The first kappa shape index (κ1) is 24.3. The Labute approximate surface area is 220 Å². The van der Waals surface area contributed by atoms with Crippen LogP contribution in [0.15, 0.2) is 91.6 Å². The van der Waals surface area contributed by atoms with E-state index in [0.29, 0.717) is 23.1 Å². The number of aromatic nitrogens is 4. The molecule has 0 saturated carbocycles. The lowest BCUT2D eigenvalue weighted by Crippen LogP contribution is -2.24. The minimum absolute atomic E-state index is 0.0101. The first-order valence-electron chi connectivity index (χ1n) is 12.1. The fourth-order valence-electron chi connectivity index (χ4n) is 4.54. The molecule has 1 N–H and O–H groups in total. The summed E-state index contributed by atoms with van der Waals surface area (Å²) in [6, 6.07) is 16.4. The van der Waals surface area contributed by atoms with Gasteiger partial charge in [-0.1, -0.05) is 18.2 Å². The number of rotatable bonds is 6. The van der Waals surface area contributed by atoms with E-state index in [4.69, 9.17) is 0 Å². The number of halogens is 3. The van der Waals surface area contributed by atoms with E-state index in [1.54, 1.807) is 29.1 Å². The molecule has 0 aliphatic heterocycles. The Balaban J connectivity index is 1.26. The maximum absolute atomic E-state index is 15.0. The summed E-state index contributed by atoms with van der Waals surface area (Å²) < 4.78 is 44.9. The van der Waals surface area contributed by atoms with Gasteiger partial charge in [-0.15, -0.1) is 0 Å². The van der Waals surface area contributed by atoms with E-state index in [0.717, 1.165) is 28.4 Å². The van der Waals surface area contributed by atoms with Gasteiger partial charge in [0.1, 0.15) is 11.6 Å². The Morgan fingerprint density at radius 1 is 0.846 bits per heavy atom. The Morgan fingerprint density at radius 3 is 2.56 bits per heavy atom. The summed E-state index contributed by atoms with van der Waals surface area (Å²) in [4.78, 5) is 24.8. The minimum Gasteiger partial charge on any atom is -0.348 e. The molecule has 0 atom stereocenters. The van der Waals surface area contributed by atoms with Gasteiger partial charge in [0, 0.05) is 54.4 Å². The predicted octanol–water partition coefficient (Wildman–Crippen LogP) is 5.88. The standard InChI is InChI=1S/C30H20F3N5O/c31-23-9-19(13-34-15-23)14-37-30(39)25-5-4-20(11-26(25)32)22-12-27(33)29-36-16-24(38(29)17-22)10-18-3-6-28-21(8-18)2-1-7-35-28/h1-9,11-13,15-17H,10,14H2,(H,37,39). The van der Waals surface area contributed by atoms with E-state index >= 15 is 4.39 Å². The molecule has 192 valence electrons. The molecule has 39 heavy (non-hydrogen) atoms. The Bertz CT molecular complexity index is 1870. The average molecular weight is 524 g/mol. The monoisotopic (exact) mass is 523 g/mol. The normalized spacial score (nSPS) is 11.3. The third-order valence-electron chi connectivity index (χ3n) is 6.45. The number of benzene rings is 2. The molecule has 2 aromatic carbocycles. The van der Waals surface area contributed by atoms with Crippen molar-refractivity contribution in [2.75, 3.05) is 0 Å². The molecule has 0 radical (unpaired) electrons. The van der Waals surface area contributed by atoms with Gasteiger partial charge in [-0.2, -0.15) is 0 Å². The Morgan fingerprint density at radius 2 is 1.72 bits per heavy atom. The number of imidazole rings is 1. The van der Waals surface area contributed by atoms with Crippen LogP contribution in [0.25, 0.3) is 27.7 Å². The summed E-state index contributed by atoms with van der Waals surface area (Å²) in [7, 11) is 0. The van der Waals surface area contributed by atoms with E-state index in [9.17, 15) is 13.6 Å². The van der Waals surface area contributed by atoms with E-state index in [1.165, 1.54) is 30.5 Å². The second-order valence-electron chi connectivity index (χ2n) is 9.12. The molecule has 0 spiro atoms. The van der Waals surface area contributed by atoms with Gasteiger partial charge in [0.2, 0.25) is 0 Å². The van der Waals surface area contributed by atoms with Crippen LogP contribution in [-0.4, -0.2) is 25.3 Å². The van der Waals surface area contributed by atoms with Gasteiger partial charge in [0.05, 0.1) is 17.3 Å². The van der Waals surface area contributed by atoms with E-state index < -0.39 is 23.4 Å². The summed E-state index contributed by atoms with van der Waals surface area (Å²) in [5, 5.41) is 3.55. The quantitative estimate of drug-likeness (QED) is 0.296. The van der Waals surface area contributed by atoms with Gasteiger partial charge in [-0.05, 0) is 59.2 Å². The molecule has 0 aliphatic carbocycles. The second-order valence-corrected chi connectivity index (χ2v) is 9.12. The fraction of sp³-hybridized carbons (Fsp3) is 0.0667. The highest BCUT2D eigenvalue weighted by Crippen LogP contribution is 2.26. The summed E-state index contributed by atoms with van der Waals surface area (Å²) >= 11 is 0. The van der Waals surface area contributed by atoms with E-state index in [1.807, 2.05) is 30.3 Å². The number of amides is 1. The molecule has 6 nitrogen and oxygen atoms in total. The summed E-state index contributed by atoms with van der Waals surface area (Å²) in [6.07, 6.45) is 8.03. The van der Waals surface area contributed by atoms with Crippen molar-refractivity contribution in [2.24, 2.45) is 0 Å². The van der Waals surface area contributed by atoms with Crippen molar-refractivity contribution in [3.63, 3.8) is 0 Å². The molecule has 0 saturated heterocycles. The maximum atomic E-state index is 15.0. The number of nitrogens with one attached hydrogen (secondary N) is 1. The van der Waals surface area contributed by atoms with Crippen LogP contribution in [0.4, 0.5) is 13.2 Å². The SMILES string of the molecule is O=C(NCc1cncc(F)c1)c1ccc(-c2cc(F)c3ncc(Cc4ccc5ncccc5c4)n3c2)cc1F. The molecule has 0 unspecified atom stereocenters. The summed E-state index contributed by atoms with van der Waals surface area (Å²) in [6.45, 7) is -0.0101. The summed E-state index contributed by atoms with van der Waals surface area (Å²) in [5.74, 6) is -2.50. The van der Waals surface area contributed by atoms with Crippen LogP contribution < -0.4 is 5.32 Å². The number of carbonyl (C=O) groups excluding carboxylic acids is 1. The zero-order valence-electron chi connectivity index (χ0n) is 20.4. The average Bonchev–Trinajstić information content (AvgIpc) is 3.34. The van der Waals surface area contributed by atoms with Gasteiger partial charge in [0.15, 0.2) is 11.5 Å². The van der Waals surface area contributed by atoms with E-state index in [2.05, 4.69) is 20.3 Å². The smallest absolute Gasteiger partial charge is 0.254 e. The van der Waals surface area contributed by atoms with Gasteiger partial charge < -0.3 is 9.72 Å². The number of hydrogen-bond acceptors (Lipinski definition) is 4. The Hall–Kier alpha value is -5.05. The van der Waals surface area contributed by atoms with Crippen LogP contribution in [0.1, 0.15) is 27.2 Å². The van der Waals surface area contributed by atoms with Gasteiger partial charge in [0.25, 0.3) is 5.91 Å². The largest absolute Gasteiger partial charge is 0.348 e. The maximum Gasteiger partial charge on any atom is 0.254 e.